The van der Waals surface area contributed by atoms with Crippen molar-refractivity contribution >= 4 is 5.91 Å². The maximum Gasteiger partial charge on any atom is 0.237 e. The molecule has 0 unspecified atom stereocenters. The predicted octanol–water partition coefficient (Wildman–Crippen LogP) is 3.62. The molecule has 0 aromatic heterocycles. The molecule has 3 nitrogen and oxygen atoms in total. The maximum atomic E-state index is 12.0. The Balaban J connectivity index is 2.33. The topological polar surface area (TPSA) is 55.1 Å². The Hall–Kier alpha value is -0.570. The molecular formula is C17H34N2O. The smallest absolute Gasteiger partial charge is 0.237 e. The van der Waals surface area contributed by atoms with E-state index < -0.39 is 0 Å². The number of nitrogens with one attached hydrogen (secondary N) is 1. The summed E-state index contributed by atoms with van der Waals surface area (Å²) < 4.78 is 0. The fraction of sp³-hybridized carbons (Fsp3) is 0.941. The van der Waals surface area contributed by atoms with Crippen molar-refractivity contribution in [1.82, 2.24) is 5.32 Å². The first-order chi connectivity index (χ1) is 9.40. The van der Waals surface area contributed by atoms with Gasteiger partial charge in [0.05, 0.1) is 6.04 Å². The molecule has 0 heterocycles. The molecule has 1 fully saturated rings. The second kappa shape index (κ2) is 8.02. The van der Waals surface area contributed by atoms with E-state index in [-0.39, 0.29) is 11.9 Å². The summed E-state index contributed by atoms with van der Waals surface area (Å²) >= 11 is 0. The Morgan fingerprint density at radius 2 is 1.85 bits per heavy atom. The SMILES string of the molecule is CCCC[C@H](N)C(=O)NC1CCC(C(C)(C)CC)CC1. The first-order valence-corrected chi connectivity index (χ1v) is 8.46. The largest absolute Gasteiger partial charge is 0.352 e. The van der Waals surface area contributed by atoms with E-state index in [2.05, 4.69) is 33.0 Å². The van der Waals surface area contributed by atoms with Crippen molar-refractivity contribution in [1.29, 1.82) is 0 Å². The summed E-state index contributed by atoms with van der Waals surface area (Å²) in [4.78, 5) is 12.0. The molecule has 1 aliphatic rings. The van der Waals surface area contributed by atoms with Crippen LogP contribution in [-0.4, -0.2) is 18.0 Å². The molecule has 1 atom stereocenters. The van der Waals surface area contributed by atoms with Gasteiger partial charge in [-0.15, -0.1) is 0 Å². The van der Waals surface area contributed by atoms with E-state index in [1.807, 2.05) is 0 Å². The maximum absolute atomic E-state index is 12.0. The van der Waals surface area contributed by atoms with Crippen LogP contribution in [0, 0.1) is 11.3 Å². The average molecular weight is 282 g/mol. The quantitative estimate of drug-likeness (QED) is 0.749. The summed E-state index contributed by atoms with van der Waals surface area (Å²) in [6.45, 7) is 9.15. The second-order valence-electron chi connectivity index (χ2n) is 7.15. The molecule has 1 amide bonds. The number of hydrogen-bond donors (Lipinski definition) is 2. The minimum Gasteiger partial charge on any atom is -0.352 e. The van der Waals surface area contributed by atoms with Gasteiger partial charge >= 0.3 is 0 Å². The highest BCUT2D eigenvalue weighted by Crippen LogP contribution is 2.40. The van der Waals surface area contributed by atoms with Gasteiger partial charge in [0.15, 0.2) is 0 Å². The van der Waals surface area contributed by atoms with Crippen LogP contribution in [0.3, 0.4) is 0 Å². The van der Waals surface area contributed by atoms with Gasteiger partial charge in [0.2, 0.25) is 5.91 Å². The summed E-state index contributed by atoms with van der Waals surface area (Å²) in [5.41, 5.74) is 6.36. The highest BCUT2D eigenvalue weighted by molar-refractivity contribution is 5.81. The second-order valence-corrected chi connectivity index (χ2v) is 7.15. The van der Waals surface area contributed by atoms with Crippen LogP contribution < -0.4 is 11.1 Å². The molecule has 0 aromatic rings. The third-order valence-corrected chi connectivity index (χ3v) is 5.30. The van der Waals surface area contributed by atoms with Gasteiger partial charge in [-0.05, 0) is 43.4 Å². The lowest BCUT2D eigenvalue weighted by Crippen LogP contribution is -2.47. The zero-order chi connectivity index (χ0) is 15.2. The number of unbranched alkanes of at least 4 members (excludes halogenated alkanes) is 1. The fourth-order valence-corrected chi connectivity index (χ4v) is 3.17. The standard InChI is InChI=1S/C17H34N2O/c1-5-7-8-15(18)16(20)19-14-11-9-13(10-12-14)17(3,4)6-2/h13-15H,5-12,18H2,1-4H3,(H,19,20)/t13?,14?,15-/m0/s1. The monoisotopic (exact) mass is 282 g/mol. The molecule has 0 aromatic carbocycles. The van der Waals surface area contributed by atoms with Crippen LogP contribution in [0.4, 0.5) is 0 Å². The van der Waals surface area contributed by atoms with Crippen molar-refractivity contribution in [2.75, 3.05) is 0 Å². The number of amides is 1. The van der Waals surface area contributed by atoms with Crippen LogP contribution in [0.5, 0.6) is 0 Å². The number of nitrogens with two attached hydrogens (primary N) is 1. The highest BCUT2D eigenvalue weighted by atomic mass is 16.2. The lowest BCUT2D eigenvalue weighted by atomic mass is 9.69. The van der Waals surface area contributed by atoms with Gasteiger partial charge in [-0.2, -0.15) is 0 Å². The lowest BCUT2D eigenvalue weighted by molar-refractivity contribution is -0.123. The minimum absolute atomic E-state index is 0.0525. The predicted molar refractivity (Wildman–Crippen MR) is 85.5 cm³/mol. The molecule has 1 aliphatic carbocycles. The Kier molecular flexibility index (Phi) is 7.01. The van der Waals surface area contributed by atoms with Gasteiger partial charge in [0, 0.05) is 6.04 Å². The number of hydrogen-bond acceptors (Lipinski definition) is 2. The van der Waals surface area contributed by atoms with E-state index in [0.29, 0.717) is 11.5 Å². The summed E-state index contributed by atoms with van der Waals surface area (Å²) in [7, 11) is 0. The molecule has 118 valence electrons. The van der Waals surface area contributed by atoms with Gasteiger partial charge in [-0.25, -0.2) is 0 Å². The number of rotatable bonds is 7. The molecule has 0 spiro atoms. The molecule has 0 radical (unpaired) electrons. The summed E-state index contributed by atoms with van der Waals surface area (Å²) in [6.07, 6.45) is 8.86. The number of carbonyl (C=O) groups excluding carboxylic acids is 1. The molecular weight excluding hydrogens is 248 g/mol. The van der Waals surface area contributed by atoms with Crippen LogP contribution >= 0.6 is 0 Å². The van der Waals surface area contributed by atoms with E-state index in [1.54, 1.807) is 0 Å². The Morgan fingerprint density at radius 3 is 2.35 bits per heavy atom. The van der Waals surface area contributed by atoms with E-state index >= 15 is 0 Å². The van der Waals surface area contributed by atoms with Gasteiger partial charge in [-0.3, -0.25) is 4.79 Å². The Labute approximate surface area is 125 Å². The fourth-order valence-electron chi connectivity index (χ4n) is 3.17. The lowest BCUT2D eigenvalue weighted by Gasteiger charge is -2.39. The first kappa shape index (κ1) is 17.5. The molecule has 0 saturated heterocycles. The van der Waals surface area contributed by atoms with E-state index in [9.17, 15) is 4.79 Å². The minimum atomic E-state index is -0.320. The van der Waals surface area contributed by atoms with Gasteiger partial charge in [-0.1, -0.05) is 47.0 Å². The van der Waals surface area contributed by atoms with Crippen LogP contribution in [0.15, 0.2) is 0 Å². The summed E-state index contributed by atoms with van der Waals surface area (Å²) in [5, 5.41) is 3.15. The molecule has 3 heteroatoms. The van der Waals surface area contributed by atoms with Crippen molar-refractivity contribution in [2.24, 2.45) is 17.1 Å². The molecule has 1 saturated carbocycles. The van der Waals surface area contributed by atoms with Crippen LogP contribution in [0.25, 0.3) is 0 Å². The van der Waals surface area contributed by atoms with Crippen LogP contribution in [0.1, 0.15) is 79.1 Å². The molecule has 0 aliphatic heterocycles. The molecule has 1 rings (SSSR count). The highest BCUT2D eigenvalue weighted by Gasteiger charge is 2.32. The van der Waals surface area contributed by atoms with Crippen molar-refractivity contribution in [3.8, 4) is 0 Å². The van der Waals surface area contributed by atoms with Crippen LogP contribution in [-0.2, 0) is 4.79 Å². The van der Waals surface area contributed by atoms with E-state index in [1.165, 1.54) is 19.3 Å². The Bertz CT molecular complexity index is 293. The van der Waals surface area contributed by atoms with Crippen molar-refractivity contribution in [3.05, 3.63) is 0 Å². The zero-order valence-electron chi connectivity index (χ0n) is 13.9. The summed E-state index contributed by atoms with van der Waals surface area (Å²) in [5.74, 6) is 0.853. The Morgan fingerprint density at radius 1 is 1.25 bits per heavy atom. The van der Waals surface area contributed by atoms with Crippen LogP contribution in [0.2, 0.25) is 0 Å². The average Bonchev–Trinajstić information content (AvgIpc) is 2.45. The van der Waals surface area contributed by atoms with Gasteiger partial charge < -0.3 is 11.1 Å². The molecule has 20 heavy (non-hydrogen) atoms. The third kappa shape index (κ3) is 5.08. The van der Waals surface area contributed by atoms with Gasteiger partial charge in [0.1, 0.15) is 0 Å². The van der Waals surface area contributed by atoms with E-state index in [0.717, 1.165) is 38.0 Å². The van der Waals surface area contributed by atoms with Crippen molar-refractivity contribution in [2.45, 2.75) is 91.1 Å². The summed E-state index contributed by atoms with van der Waals surface area (Å²) in [6, 6.07) is 0.0267. The first-order valence-electron chi connectivity index (χ1n) is 8.46. The van der Waals surface area contributed by atoms with E-state index in [4.69, 9.17) is 5.73 Å². The molecule has 3 N–H and O–H groups in total. The third-order valence-electron chi connectivity index (χ3n) is 5.30. The normalized spacial score (nSPS) is 25.2. The molecule has 0 bridgehead atoms. The van der Waals surface area contributed by atoms with Crippen molar-refractivity contribution < 1.29 is 4.79 Å². The number of carbonyl (C=O) groups is 1. The zero-order valence-corrected chi connectivity index (χ0v) is 13.9. The van der Waals surface area contributed by atoms with Crippen molar-refractivity contribution in [3.63, 3.8) is 0 Å². The van der Waals surface area contributed by atoms with Gasteiger partial charge in [0.25, 0.3) is 0 Å².